The van der Waals surface area contributed by atoms with Crippen LogP contribution in [-0.4, -0.2) is 56.0 Å². The van der Waals surface area contributed by atoms with Crippen LogP contribution in [0.25, 0.3) is 0 Å². The molecule has 154 valence electrons. The number of Topliss-reactive ketones (excluding diaryl/α,β-unsaturated/α-hetero) is 1. The highest BCUT2D eigenvalue weighted by molar-refractivity contribution is 9.10. The van der Waals surface area contributed by atoms with Gasteiger partial charge in [0, 0.05) is 11.5 Å². The molecule has 8 heteroatoms. The Morgan fingerprint density at radius 1 is 1.32 bits per heavy atom. The zero-order valence-corrected chi connectivity index (χ0v) is 17.7. The summed E-state index contributed by atoms with van der Waals surface area (Å²) < 4.78 is 22.1. The van der Waals surface area contributed by atoms with E-state index in [1.165, 1.54) is 13.2 Å². The van der Waals surface area contributed by atoms with Crippen molar-refractivity contribution < 1.29 is 33.6 Å². The van der Waals surface area contributed by atoms with Gasteiger partial charge in [-0.2, -0.15) is 0 Å². The van der Waals surface area contributed by atoms with E-state index in [1.807, 2.05) is 0 Å². The highest BCUT2D eigenvalue weighted by Gasteiger charge is 2.40. The SMILES string of the molecule is COC(=O)c1cc(Br)c(OCC(=O)C2CCC3(CC2)COCCO3)c(O)c1C. The maximum Gasteiger partial charge on any atom is 0.338 e. The van der Waals surface area contributed by atoms with Gasteiger partial charge in [0.05, 0.1) is 42.6 Å². The summed E-state index contributed by atoms with van der Waals surface area (Å²) in [5.74, 6) is -0.686. The molecular formula is C20H25BrO7. The number of ether oxygens (including phenoxy) is 4. The number of carbonyl (C=O) groups is 2. The smallest absolute Gasteiger partial charge is 0.338 e. The first-order valence-corrected chi connectivity index (χ1v) is 10.1. The third-order valence-electron chi connectivity index (χ3n) is 5.58. The summed E-state index contributed by atoms with van der Waals surface area (Å²) in [5.41, 5.74) is 0.335. The van der Waals surface area contributed by atoms with Crippen molar-refractivity contribution in [1.29, 1.82) is 0 Å². The molecule has 1 saturated heterocycles. The van der Waals surface area contributed by atoms with Crippen molar-refractivity contribution in [2.75, 3.05) is 33.5 Å². The van der Waals surface area contributed by atoms with Crippen molar-refractivity contribution in [2.45, 2.75) is 38.2 Å². The lowest BCUT2D eigenvalue weighted by atomic mass is 9.77. The number of aromatic hydroxyl groups is 1. The van der Waals surface area contributed by atoms with Crippen LogP contribution in [0.15, 0.2) is 10.5 Å². The molecule has 0 bridgehead atoms. The summed E-state index contributed by atoms with van der Waals surface area (Å²) in [7, 11) is 1.27. The van der Waals surface area contributed by atoms with Crippen LogP contribution in [0.1, 0.15) is 41.6 Å². The summed E-state index contributed by atoms with van der Waals surface area (Å²) in [6.07, 6.45) is 3.06. The summed E-state index contributed by atoms with van der Waals surface area (Å²) >= 11 is 3.29. The van der Waals surface area contributed by atoms with Crippen molar-refractivity contribution in [3.63, 3.8) is 0 Å². The van der Waals surface area contributed by atoms with Gasteiger partial charge in [0.2, 0.25) is 0 Å². The number of phenols is 1. The van der Waals surface area contributed by atoms with Gasteiger partial charge in [0.1, 0.15) is 6.61 Å². The number of esters is 1. The number of rotatable bonds is 5. The van der Waals surface area contributed by atoms with E-state index in [1.54, 1.807) is 6.92 Å². The van der Waals surface area contributed by atoms with E-state index >= 15 is 0 Å². The molecule has 1 aliphatic carbocycles. The van der Waals surface area contributed by atoms with Crippen molar-refractivity contribution >= 4 is 27.7 Å². The lowest BCUT2D eigenvalue weighted by molar-refractivity contribution is -0.176. The molecule has 7 nitrogen and oxygen atoms in total. The van der Waals surface area contributed by atoms with Crippen LogP contribution in [0.3, 0.4) is 0 Å². The second-order valence-electron chi connectivity index (χ2n) is 7.31. The maximum absolute atomic E-state index is 12.6. The van der Waals surface area contributed by atoms with E-state index in [2.05, 4.69) is 15.9 Å². The Bertz CT molecular complexity index is 745. The molecule has 1 N–H and O–H groups in total. The fourth-order valence-corrected chi connectivity index (χ4v) is 4.33. The van der Waals surface area contributed by atoms with Gasteiger partial charge in [-0.25, -0.2) is 4.79 Å². The van der Waals surface area contributed by atoms with Gasteiger partial charge in [-0.1, -0.05) is 0 Å². The zero-order chi connectivity index (χ0) is 20.3. The van der Waals surface area contributed by atoms with E-state index in [0.29, 0.717) is 29.9 Å². The number of hydrogen-bond donors (Lipinski definition) is 1. The Hall–Kier alpha value is -1.64. The fraction of sp³-hybridized carbons (Fsp3) is 0.600. The van der Waals surface area contributed by atoms with Crippen LogP contribution in [0, 0.1) is 12.8 Å². The fourth-order valence-electron chi connectivity index (χ4n) is 3.80. The number of methoxy groups -OCH3 is 1. The second-order valence-corrected chi connectivity index (χ2v) is 8.17. The van der Waals surface area contributed by atoms with Gasteiger partial charge < -0.3 is 24.1 Å². The molecule has 28 heavy (non-hydrogen) atoms. The molecule has 1 saturated carbocycles. The van der Waals surface area contributed by atoms with E-state index < -0.39 is 5.97 Å². The molecule has 3 rings (SSSR count). The minimum absolute atomic E-state index is 0.00687. The predicted octanol–water partition coefficient (Wildman–Crippen LogP) is 3.17. The Balaban J connectivity index is 1.60. The summed E-state index contributed by atoms with van der Waals surface area (Å²) in [4.78, 5) is 24.4. The number of carbonyl (C=O) groups excluding carboxylic acids is 2. The predicted molar refractivity (Wildman–Crippen MR) is 104 cm³/mol. The molecule has 2 fully saturated rings. The first kappa shape index (κ1) is 21.1. The molecule has 0 aromatic heterocycles. The minimum Gasteiger partial charge on any atom is -0.504 e. The number of ketones is 1. The van der Waals surface area contributed by atoms with E-state index in [0.717, 1.165) is 25.7 Å². The lowest BCUT2D eigenvalue weighted by Crippen LogP contribution is -2.46. The normalized spacial score (nSPS) is 24.8. The topological polar surface area (TPSA) is 91.3 Å². The van der Waals surface area contributed by atoms with Crippen LogP contribution in [0.5, 0.6) is 11.5 Å². The number of benzene rings is 1. The molecule has 1 aliphatic heterocycles. The third kappa shape index (κ3) is 4.34. The highest BCUT2D eigenvalue weighted by Crippen LogP contribution is 2.40. The van der Waals surface area contributed by atoms with Gasteiger partial charge in [-0.3, -0.25) is 4.79 Å². The molecule has 1 aromatic carbocycles. The molecular weight excluding hydrogens is 432 g/mol. The molecule has 0 atom stereocenters. The van der Waals surface area contributed by atoms with Gasteiger partial charge in [-0.05, 0) is 54.6 Å². The highest BCUT2D eigenvalue weighted by atomic mass is 79.9. The van der Waals surface area contributed by atoms with Gasteiger partial charge in [0.15, 0.2) is 17.3 Å². The molecule has 1 heterocycles. The first-order valence-electron chi connectivity index (χ1n) is 9.34. The molecule has 0 radical (unpaired) electrons. The van der Waals surface area contributed by atoms with Gasteiger partial charge >= 0.3 is 5.97 Å². The van der Waals surface area contributed by atoms with Crippen molar-refractivity contribution in [1.82, 2.24) is 0 Å². The Labute approximate surface area is 172 Å². The first-order chi connectivity index (χ1) is 13.4. The second kappa shape index (κ2) is 8.80. The minimum atomic E-state index is -0.554. The van der Waals surface area contributed by atoms with Crippen molar-refractivity contribution in [3.8, 4) is 11.5 Å². The Morgan fingerprint density at radius 3 is 2.64 bits per heavy atom. The standard InChI is InChI=1S/C20H25BrO7/c1-12-14(19(24)25-2)9-15(21)18(17(12)23)27-10-16(22)13-3-5-20(6-4-13)11-26-7-8-28-20/h9,13,23H,3-8,10-11H2,1-2H3. The largest absolute Gasteiger partial charge is 0.504 e. The van der Waals surface area contributed by atoms with Crippen LogP contribution in [0.2, 0.25) is 0 Å². The van der Waals surface area contributed by atoms with Crippen LogP contribution >= 0.6 is 15.9 Å². The zero-order valence-electron chi connectivity index (χ0n) is 16.1. The van der Waals surface area contributed by atoms with Crippen LogP contribution in [-0.2, 0) is 19.0 Å². The van der Waals surface area contributed by atoms with Gasteiger partial charge in [0.25, 0.3) is 0 Å². The third-order valence-corrected chi connectivity index (χ3v) is 6.17. The van der Waals surface area contributed by atoms with Crippen molar-refractivity contribution in [3.05, 3.63) is 21.7 Å². The monoisotopic (exact) mass is 456 g/mol. The number of phenolic OH excluding ortho intramolecular Hbond substituents is 1. The Kier molecular flexibility index (Phi) is 6.62. The van der Waals surface area contributed by atoms with Crippen LogP contribution < -0.4 is 4.74 Å². The van der Waals surface area contributed by atoms with E-state index in [9.17, 15) is 14.7 Å². The average molecular weight is 457 g/mol. The van der Waals surface area contributed by atoms with E-state index in [-0.39, 0.29) is 41.0 Å². The van der Waals surface area contributed by atoms with Gasteiger partial charge in [-0.15, -0.1) is 0 Å². The van der Waals surface area contributed by atoms with Crippen molar-refractivity contribution in [2.24, 2.45) is 5.92 Å². The Morgan fingerprint density at radius 2 is 2.04 bits per heavy atom. The summed E-state index contributed by atoms with van der Waals surface area (Å²) in [6, 6.07) is 1.52. The molecule has 1 aromatic rings. The maximum atomic E-state index is 12.6. The van der Waals surface area contributed by atoms with Crippen LogP contribution in [0.4, 0.5) is 0 Å². The van der Waals surface area contributed by atoms with E-state index in [4.69, 9.17) is 18.9 Å². The molecule has 0 unspecified atom stereocenters. The summed E-state index contributed by atoms with van der Waals surface area (Å²) in [6.45, 7) is 3.28. The number of halogens is 1. The molecule has 2 aliphatic rings. The summed E-state index contributed by atoms with van der Waals surface area (Å²) in [5, 5.41) is 10.4. The molecule has 1 spiro atoms. The average Bonchev–Trinajstić information content (AvgIpc) is 2.71. The lowest BCUT2D eigenvalue weighted by Gasteiger charge is -2.41. The molecule has 0 amide bonds. The number of hydrogen-bond acceptors (Lipinski definition) is 7. The quantitative estimate of drug-likeness (QED) is 0.680.